The van der Waals surface area contributed by atoms with Gasteiger partial charge in [0.05, 0.1) is 5.75 Å². The van der Waals surface area contributed by atoms with Crippen LogP contribution in [-0.4, -0.2) is 44.2 Å². The molecule has 112 valence electrons. The van der Waals surface area contributed by atoms with Crippen molar-refractivity contribution in [3.8, 4) is 0 Å². The highest BCUT2D eigenvalue weighted by atomic mass is 32.2. The standard InChI is InChI=1S/C14H28N2O2S/c1-14(2,3)12-7-9-16(11-12)19(17,18)10-4-8-15-13-5-6-13/h12-13,15H,4-11H2,1-3H3. The van der Waals surface area contributed by atoms with Crippen LogP contribution in [0.4, 0.5) is 0 Å². The normalized spacial score (nSPS) is 25.9. The molecule has 2 rings (SSSR count). The van der Waals surface area contributed by atoms with Gasteiger partial charge in [0, 0.05) is 19.1 Å². The molecule has 1 aliphatic heterocycles. The molecule has 1 N–H and O–H groups in total. The van der Waals surface area contributed by atoms with E-state index in [1.54, 1.807) is 4.31 Å². The van der Waals surface area contributed by atoms with Gasteiger partial charge in [0.15, 0.2) is 0 Å². The predicted molar refractivity (Wildman–Crippen MR) is 78.6 cm³/mol. The second-order valence-electron chi connectivity index (χ2n) is 7.11. The molecule has 19 heavy (non-hydrogen) atoms. The van der Waals surface area contributed by atoms with Crippen LogP contribution in [0.2, 0.25) is 0 Å². The highest BCUT2D eigenvalue weighted by Crippen LogP contribution is 2.34. The van der Waals surface area contributed by atoms with Crippen molar-refractivity contribution in [3.05, 3.63) is 0 Å². The quantitative estimate of drug-likeness (QED) is 0.759. The van der Waals surface area contributed by atoms with E-state index in [0.717, 1.165) is 19.4 Å². The monoisotopic (exact) mass is 288 g/mol. The van der Waals surface area contributed by atoms with Crippen molar-refractivity contribution in [1.29, 1.82) is 0 Å². The summed E-state index contributed by atoms with van der Waals surface area (Å²) in [5, 5.41) is 3.37. The Morgan fingerprint density at radius 2 is 1.89 bits per heavy atom. The van der Waals surface area contributed by atoms with E-state index in [9.17, 15) is 8.42 Å². The molecule has 0 spiro atoms. The minimum Gasteiger partial charge on any atom is -0.314 e. The maximum atomic E-state index is 12.3. The van der Waals surface area contributed by atoms with Gasteiger partial charge >= 0.3 is 0 Å². The Hall–Kier alpha value is -0.130. The Morgan fingerprint density at radius 1 is 1.21 bits per heavy atom. The van der Waals surface area contributed by atoms with Gasteiger partial charge in [-0.25, -0.2) is 12.7 Å². The molecule has 0 radical (unpaired) electrons. The van der Waals surface area contributed by atoms with E-state index in [4.69, 9.17) is 0 Å². The number of hydrogen-bond donors (Lipinski definition) is 1. The van der Waals surface area contributed by atoms with E-state index in [1.165, 1.54) is 12.8 Å². The second kappa shape index (κ2) is 5.70. The lowest BCUT2D eigenvalue weighted by molar-refractivity contribution is 0.252. The number of nitrogens with zero attached hydrogens (tertiary/aromatic N) is 1. The molecule has 2 fully saturated rings. The number of hydrogen-bond acceptors (Lipinski definition) is 3. The average Bonchev–Trinajstić information content (AvgIpc) is 2.95. The summed E-state index contributed by atoms with van der Waals surface area (Å²) in [5.41, 5.74) is 0.206. The molecule has 1 saturated carbocycles. The smallest absolute Gasteiger partial charge is 0.214 e. The van der Waals surface area contributed by atoms with Crippen LogP contribution in [0.15, 0.2) is 0 Å². The molecule has 0 aromatic rings. The fourth-order valence-electron chi connectivity index (χ4n) is 2.67. The topological polar surface area (TPSA) is 49.4 Å². The highest BCUT2D eigenvalue weighted by Gasteiger charge is 2.36. The molecule has 5 heteroatoms. The number of sulfonamides is 1. The first-order chi connectivity index (χ1) is 8.79. The molecule has 1 heterocycles. The van der Waals surface area contributed by atoms with Crippen LogP contribution in [0, 0.1) is 11.3 Å². The van der Waals surface area contributed by atoms with Gasteiger partial charge in [0.2, 0.25) is 10.0 Å². The van der Waals surface area contributed by atoms with Gasteiger partial charge in [-0.1, -0.05) is 20.8 Å². The van der Waals surface area contributed by atoms with Gasteiger partial charge in [-0.05, 0) is 43.6 Å². The van der Waals surface area contributed by atoms with Crippen molar-refractivity contribution in [2.24, 2.45) is 11.3 Å². The van der Waals surface area contributed by atoms with Crippen LogP contribution in [0.1, 0.15) is 46.5 Å². The van der Waals surface area contributed by atoms with Crippen LogP contribution >= 0.6 is 0 Å². The van der Waals surface area contributed by atoms with Gasteiger partial charge < -0.3 is 5.32 Å². The zero-order chi connectivity index (χ0) is 14.1. The van der Waals surface area contributed by atoms with Crippen molar-refractivity contribution in [2.45, 2.75) is 52.5 Å². The van der Waals surface area contributed by atoms with E-state index >= 15 is 0 Å². The molecule has 1 unspecified atom stereocenters. The third-order valence-corrected chi connectivity index (χ3v) is 6.28. The van der Waals surface area contributed by atoms with Gasteiger partial charge in [-0.15, -0.1) is 0 Å². The van der Waals surface area contributed by atoms with Crippen LogP contribution < -0.4 is 5.32 Å². The SMILES string of the molecule is CC(C)(C)C1CCN(S(=O)(=O)CCCNC2CC2)C1. The van der Waals surface area contributed by atoms with Gasteiger partial charge in [0.25, 0.3) is 0 Å². The molecular formula is C14H28N2O2S. The predicted octanol–water partition coefficient (Wildman–Crippen LogP) is 1.83. The van der Waals surface area contributed by atoms with E-state index in [-0.39, 0.29) is 5.41 Å². The molecule has 0 bridgehead atoms. The summed E-state index contributed by atoms with van der Waals surface area (Å²) in [6.07, 6.45) is 4.25. The molecule has 0 amide bonds. The van der Waals surface area contributed by atoms with Gasteiger partial charge in [0.1, 0.15) is 0 Å². The van der Waals surface area contributed by atoms with E-state index in [0.29, 0.717) is 30.8 Å². The van der Waals surface area contributed by atoms with Crippen molar-refractivity contribution < 1.29 is 8.42 Å². The molecule has 0 aromatic heterocycles. The van der Waals surface area contributed by atoms with E-state index in [2.05, 4.69) is 26.1 Å². The largest absolute Gasteiger partial charge is 0.314 e. The molecule has 1 saturated heterocycles. The summed E-state index contributed by atoms with van der Waals surface area (Å²) in [6, 6.07) is 0.666. The molecular weight excluding hydrogens is 260 g/mol. The Balaban J connectivity index is 1.76. The van der Waals surface area contributed by atoms with Gasteiger partial charge in [-0.3, -0.25) is 0 Å². The zero-order valence-corrected chi connectivity index (χ0v) is 13.3. The highest BCUT2D eigenvalue weighted by molar-refractivity contribution is 7.89. The van der Waals surface area contributed by atoms with Crippen molar-refractivity contribution in [2.75, 3.05) is 25.4 Å². The minimum absolute atomic E-state index is 0.206. The van der Waals surface area contributed by atoms with Crippen molar-refractivity contribution in [3.63, 3.8) is 0 Å². The second-order valence-corrected chi connectivity index (χ2v) is 9.20. The average molecular weight is 288 g/mol. The first-order valence-electron chi connectivity index (χ1n) is 7.50. The molecule has 2 aliphatic rings. The summed E-state index contributed by atoms with van der Waals surface area (Å²) < 4.78 is 26.2. The summed E-state index contributed by atoms with van der Waals surface area (Å²) in [6.45, 7) is 8.86. The van der Waals surface area contributed by atoms with Crippen molar-refractivity contribution >= 4 is 10.0 Å². The molecule has 1 aliphatic carbocycles. The number of nitrogens with one attached hydrogen (secondary N) is 1. The van der Waals surface area contributed by atoms with Gasteiger partial charge in [-0.2, -0.15) is 0 Å². The maximum absolute atomic E-state index is 12.3. The van der Waals surface area contributed by atoms with Crippen molar-refractivity contribution in [1.82, 2.24) is 9.62 Å². The lowest BCUT2D eigenvalue weighted by Crippen LogP contribution is -2.34. The van der Waals surface area contributed by atoms with Crippen LogP contribution in [0.3, 0.4) is 0 Å². The lowest BCUT2D eigenvalue weighted by atomic mass is 9.80. The van der Waals surface area contributed by atoms with E-state index < -0.39 is 10.0 Å². The van der Waals surface area contributed by atoms with Crippen LogP contribution in [0.5, 0.6) is 0 Å². The van der Waals surface area contributed by atoms with E-state index in [1.807, 2.05) is 0 Å². The summed E-state index contributed by atoms with van der Waals surface area (Å²) in [4.78, 5) is 0. The summed E-state index contributed by atoms with van der Waals surface area (Å²) in [5.74, 6) is 0.788. The summed E-state index contributed by atoms with van der Waals surface area (Å²) in [7, 11) is -3.04. The Morgan fingerprint density at radius 3 is 2.42 bits per heavy atom. The Bertz CT molecular complexity index is 396. The third-order valence-electron chi connectivity index (χ3n) is 4.36. The lowest BCUT2D eigenvalue weighted by Gasteiger charge is -2.26. The first kappa shape index (κ1) is 15.3. The van der Waals surface area contributed by atoms with Crippen LogP contribution in [-0.2, 0) is 10.0 Å². The first-order valence-corrected chi connectivity index (χ1v) is 9.11. The zero-order valence-electron chi connectivity index (χ0n) is 12.5. The molecule has 4 nitrogen and oxygen atoms in total. The van der Waals surface area contributed by atoms with Crippen LogP contribution in [0.25, 0.3) is 0 Å². The summed E-state index contributed by atoms with van der Waals surface area (Å²) >= 11 is 0. The fraction of sp³-hybridized carbons (Fsp3) is 1.00. The fourth-order valence-corrected chi connectivity index (χ4v) is 4.22. The number of rotatable bonds is 6. The molecule has 1 atom stereocenters. The maximum Gasteiger partial charge on any atom is 0.214 e. The molecule has 0 aromatic carbocycles. The minimum atomic E-state index is -3.04. The Kier molecular flexibility index (Phi) is 4.58. The third kappa shape index (κ3) is 4.43. The Labute approximate surface area is 118 Å².